The fourth-order valence-electron chi connectivity index (χ4n) is 2.63. The zero-order chi connectivity index (χ0) is 17.8. The van der Waals surface area contributed by atoms with Crippen molar-refractivity contribution in [1.82, 2.24) is 4.90 Å². The van der Waals surface area contributed by atoms with Gasteiger partial charge in [-0.15, -0.1) is 0 Å². The standard InChI is InChI=1S/C19H17ClN2O3/c1-25-12-11-22-18(23)16(13-7-9-14(20)10-8-13)17(19(22)24)21-15-5-3-2-4-6-15/h2-10,21H,11-12H2,1H3. The molecule has 0 spiro atoms. The van der Waals surface area contributed by atoms with Gasteiger partial charge in [-0.2, -0.15) is 0 Å². The monoisotopic (exact) mass is 356 g/mol. The minimum Gasteiger partial charge on any atom is -0.383 e. The summed E-state index contributed by atoms with van der Waals surface area (Å²) in [6.07, 6.45) is 0. The van der Waals surface area contributed by atoms with Gasteiger partial charge in [-0.25, -0.2) is 0 Å². The van der Waals surface area contributed by atoms with Gasteiger partial charge in [0.05, 0.1) is 18.7 Å². The van der Waals surface area contributed by atoms with Gasteiger partial charge in [0.15, 0.2) is 0 Å². The molecule has 2 aromatic rings. The number of hydrogen-bond acceptors (Lipinski definition) is 4. The molecule has 3 rings (SSSR count). The lowest BCUT2D eigenvalue weighted by atomic mass is 10.0. The number of imide groups is 1. The highest BCUT2D eigenvalue weighted by molar-refractivity contribution is 6.36. The Balaban J connectivity index is 2.02. The summed E-state index contributed by atoms with van der Waals surface area (Å²) in [5.41, 5.74) is 1.97. The van der Waals surface area contributed by atoms with Crippen LogP contribution in [0, 0.1) is 0 Å². The van der Waals surface area contributed by atoms with Gasteiger partial charge in [0.25, 0.3) is 11.8 Å². The quantitative estimate of drug-likeness (QED) is 0.808. The van der Waals surface area contributed by atoms with E-state index < -0.39 is 0 Å². The highest BCUT2D eigenvalue weighted by Crippen LogP contribution is 2.30. The number of nitrogens with one attached hydrogen (secondary N) is 1. The van der Waals surface area contributed by atoms with Gasteiger partial charge in [-0.1, -0.05) is 41.9 Å². The first-order chi connectivity index (χ1) is 12.1. The van der Waals surface area contributed by atoms with E-state index in [1.165, 1.54) is 12.0 Å². The molecule has 0 unspecified atom stereocenters. The van der Waals surface area contributed by atoms with E-state index in [0.29, 0.717) is 16.2 Å². The number of hydrogen-bond donors (Lipinski definition) is 1. The van der Waals surface area contributed by atoms with Crippen LogP contribution in [0.25, 0.3) is 5.57 Å². The first-order valence-corrected chi connectivity index (χ1v) is 8.17. The Bertz CT molecular complexity index is 816. The van der Waals surface area contributed by atoms with Crippen molar-refractivity contribution in [3.8, 4) is 0 Å². The molecule has 5 nitrogen and oxygen atoms in total. The van der Waals surface area contributed by atoms with Crippen molar-refractivity contribution in [3.63, 3.8) is 0 Å². The van der Waals surface area contributed by atoms with Gasteiger partial charge in [-0.3, -0.25) is 14.5 Å². The molecule has 1 aliphatic rings. The Morgan fingerprint density at radius 1 is 1.00 bits per heavy atom. The normalized spacial score (nSPS) is 14.4. The Morgan fingerprint density at radius 2 is 1.68 bits per heavy atom. The lowest BCUT2D eigenvalue weighted by Gasteiger charge is -2.14. The number of carbonyl (C=O) groups excluding carboxylic acids is 2. The SMILES string of the molecule is COCCN1C(=O)C(Nc2ccccc2)=C(c2ccc(Cl)cc2)C1=O. The predicted molar refractivity (Wildman–Crippen MR) is 97.0 cm³/mol. The number of carbonyl (C=O) groups is 2. The van der Waals surface area contributed by atoms with E-state index in [-0.39, 0.29) is 30.7 Å². The molecule has 0 radical (unpaired) electrons. The second-order valence-corrected chi connectivity index (χ2v) is 5.94. The molecule has 1 aliphatic heterocycles. The Labute approximate surface area is 150 Å². The highest BCUT2D eigenvalue weighted by Gasteiger charge is 2.38. The molecule has 25 heavy (non-hydrogen) atoms. The highest BCUT2D eigenvalue weighted by atomic mass is 35.5. The van der Waals surface area contributed by atoms with Gasteiger partial charge >= 0.3 is 0 Å². The maximum Gasteiger partial charge on any atom is 0.278 e. The lowest BCUT2D eigenvalue weighted by molar-refractivity contribution is -0.137. The Hall–Kier alpha value is -2.63. The third kappa shape index (κ3) is 3.57. The topological polar surface area (TPSA) is 58.6 Å². The molecular weight excluding hydrogens is 340 g/mol. The molecule has 128 valence electrons. The molecule has 0 aliphatic carbocycles. The molecule has 0 atom stereocenters. The second-order valence-electron chi connectivity index (χ2n) is 5.50. The van der Waals surface area contributed by atoms with Crippen LogP contribution in [0.15, 0.2) is 60.3 Å². The lowest BCUT2D eigenvalue weighted by Crippen LogP contribution is -2.35. The van der Waals surface area contributed by atoms with E-state index in [9.17, 15) is 9.59 Å². The van der Waals surface area contributed by atoms with Crippen molar-refractivity contribution in [2.75, 3.05) is 25.6 Å². The maximum absolute atomic E-state index is 12.8. The van der Waals surface area contributed by atoms with Gasteiger partial charge < -0.3 is 10.1 Å². The van der Waals surface area contributed by atoms with E-state index in [1.54, 1.807) is 24.3 Å². The molecule has 0 fully saturated rings. The van der Waals surface area contributed by atoms with Crippen molar-refractivity contribution < 1.29 is 14.3 Å². The van der Waals surface area contributed by atoms with E-state index in [1.807, 2.05) is 30.3 Å². The zero-order valence-corrected chi connectivity index (χ0v) is 14.4. The summed E-state index contributed by atoms with van der Waals surface area (Å²) in [7, 11) is 1.53. The van der Waals surface area contributed by atoms with Crippen molar-refractivity contribution in [1.29, 1.82) is 0 Å². The zero-order valence-electron chi connectivity index (χ0n) is 13.7. The summed E-state index contributed by atoms with van der Waals surface area (Å²) in [6, 6.07) is 16.1. The summed E-state index contributed by atoms with van der Waals surface area (Å²) in [6.45, 7) is 0.481. The van der Waals surface area contributed by atoms with Crippen LogP contribution < -0.4 is 5.32 Å². The number of anilines is 1. The van der Waals surface area contributed by atoms with Gasteiger partial charge in [0, 0.05) is 17.8 Å². The number of benzene rings is 2. The largest absolute Gasteiger partial charge is 0.383 e. The molecule has 2 aromatic carbocycles. The summed E-state index contributed by atoms with van der Waals surface area (Å²) >= 11 is 5.94. The van der Waals surface area contributed by atoms with Crippen molar-refractivity contribution in [2.45, 2.75) is 0 Å². The first kappa shape index (κ1) is 17.2. The summed E-state index contributed by atoms with van der Waals surface area (Å²) in [5.74, 6) is -0.710. The number of amides is 2. The van der Waals surface area contributed by atoms with E-state index in [0.717, 1.165) is 5.69 Å². The van der Waals surface area contributed by atoms with Gasteiger partial charge in [0.1, 0.15) is 5.70 Å². The third-order valence-corrected chi connectivity index (χ3v) is 4.12. The number of methoxy groups -OCH3 is 1. The number of nitrogens with zero attached hydrogens (tertiary/aromatic N) is 1. The van der Waals surface area contributed by atoms with Crippen LogP contribution in [0.2, 0.25) is 5.02 Å². The molecule has 0 saturated heterocycles. The van der Waals surface area contributed by atoms with E-state index in [2.05, 4.69) is 5.32 Å². The average Bonchev–Trinajstić information content (AvgIpc) is 2.85. The molecule has 0 saturated carbocycles. The van der Waals surface area contributed by atoms with Crippen LogP contribution in [0.5, 0.6) is 0 Å². The smallest absolute Gasteiger partial charge is 0.278 e. The fourth-order valence-corrected chi connectivity index (χ4v) is 2.75. The van der Waals surface area contributed by atoms with Crippen molar-refractivity contribution >= 4 is 34.7 Å². The third-order valence-electron chi connectivity index (χ3n) is 3.86. The number of ether oxygens (including phenoxy) is 1. The van der Waals surface area contributed by atoms with Crippen LogP contribution in [-0.2, 0) is 14.3 Å². The van der Waals surface area contributed by atoms with Crippen LogP contribution in [-0.4, -0.2) is 37.0 Å². The molecule has 0 bridgehead atoms. The van der Waals surface area contributed by atoms with Crippen LogP contribution in [0.1, 0.15) is 5.56 Å². The molecule has 6 heteroatoms. The molecule has 0 aromatic heterocycles. The number of para-hydroxylation sites is 1. The van der Waals surface area contributed by atoms with E-state index >= 15 is 0 Å². The Morgan fingerprint density at radius 3 is 2.32 bits per heavy atom. The Kier molecular flexibility index (Phi) is 5.16. The van der Waals surface area contributed by atoms with E-state index in [4.69, 9.17) is 16.3 Å². The van der Waals surface area contributed by atoms with Gasteiger partial charge in [0.2, 0.25) is 0 Å². The van der Waals surface area contributed by atoms with Gasteiger partial charge in [-0.05, 0) is 29.8 Å². The summed E-state index contributed by atoms with van der Waals surface area (Å²) in [4.78, 5) is 26.8. The van der Waals surface area contributed by atoms with Crippen molar-refractivity contribution in [3.05, 3.63) is 70.9 Å². The molecular formula is C19H17ClN2O3. The molecule has 1 heterocycles. The molecule has 2 amide bonds. The fraction of sp³-hybridized carbons (Fsp3) is 0.158. The number of rotatable bonds is 6. The van der Waals surface area contributed by atoms with Crippen LogP contribution in [0.3, 0.4) is 0 Å². The predicted octanol–water partition coefficient (Wildman–Crippen LogP) is 3.18. The average molecular weight is 357 g/mol. The maximum atomic E-state index is 12.8. The minimum absolute atomic E-state index is 0.200. The van der Waals surface area contributed by atoms with Crippen LogP contribution in [0.4, 0.5) is 5.69 Å². The minimum atomic E-state index is -0.365. The molecule has 1 N–H and O–H groups in total. The summed E-state index contributed by atoms with van der Waals surface area (Å²) in [5, 5.41) is 3.65. The van der Waals surface area contributed by atoms with Crippen molar-refractivity contribution in [2.24, 2.45) is 0 Å². The summed E-state index contributed by atoms with van der Waals surface area (Å²) < 4.78 is 5.01. The second kappa shape index (κ2) is 7.51. The first-order valence-electron chi connectivity index (χ1n) is 7.79. The number of halogens is 1. The van der Waals surface area contributed by atoms with Crippen LogP contribution >= 0.6 is 11.6 Å².